The van der Waals surface area contributed by atoms with E-state index >= 15 is 0 Å². The van der Waals surface area contributed by atoms with E-state index in [2.05, 4.69) is 10.1 Å². The van der Waals surface area contributed by atoms with E-state index in [1.54, 1.807) is 31.2 Å². The number of H-pyrrole nitrogens is 1. The lowest BCUT2D eigenvalue weighted by Gasteiger charge is -2.07. The summed E-state index contributed by atoms with van der Waals surface area (Å²) in [6, 6.07) is 6.26. The van der Waals surface area contributed by atoms with Crippen molar-refractivity contribution in [1.82, 2.24) is 9.78 Å². The Bertz CT molecular complexity index is 1030. The molecule has 1 aromatic carbocycles. The molecule has 1 fully saturated rings. The van der Waals surface area contributed by atoms with Crippen LogP contribution in [0, 0.1) is 6.92 Å². The molecule has 9 heteroatoms. The van der Waals surface area contributed by atoms with Crippen molar-refractivity contribution in [1.29, 1.82) is 0 Å². The maximum atomic E-state index is 12.6. The van der Waals surface area contributed by atoms with Gasteiger partial charge in [0.05, 0.1) is 41.5 Å². The molecular weight excluding hydrogens is 358 g/mol. The maximum absolute atomic E-state index is 12.6. The number of aliphatic imine (C=N–C) groups is 1. The Hall–Kier alpha value is -2.68. The van der Waals surface area contributed by atoms with Crippen LogP contribution in [0.25, 0.3) is 0 Å². The van der Waals surface area contributed by atoms with Gasteiger partial charge >= 0.3 is 5.97 Å². The zero-order valence-corrected chi connectivity index (χ0v) is 15.2. The third-order valence-corrected chi connectivity index (χ3v) is 6.11. The average molecular weight is 377 g/mol. The summed E-state index contributed by atoms with van der Waals surface area (Å²) in [6.45, 7) is 1.72. The molecule has 1 aromatic heterocycles. The first-order valence-electron chi connectivity index (χ1n) is 8.05. The highest BCUT2D eigenvalue weighted by Crippen LogP contribution is 2.22. The summed E-state index contributed by atoms with van der Waals surface area (Å²) in [5.41, 5.74) is 1.26. The smallest absolute Gasteiger partial charge is 0.340 e. The molecule has 0 radical (unpaired) electrons. The predicted octanol–water partition coefficient (Wildman–Crippen LogP) is 1.38. The molecule has 0 bridgehead atoms. The molecular formula is C17H19N3O5S. The number of nitrogens with zero attached hydrogens (tertiary/aromatic N) is 2. The van der Waals surface area contributed by atoms with E-state index in [4.69, 9.17) is 4.74 Å². The average Bonchev–Trinajstić information content (AvgIpc) is 3.11. The van der Waals surface area contributed by atoms with Crippen LogP contribution in [0.4, 0.5) is 5.69 Å². The van der Waals surface area contributed by atoms with Gasteiger partial charge in [-0.2, -0.15) is 0 Å². The van der Waals surface area contributed by atoms with Crippen LogP contribution >= 0.6 is 0 Å². The number of hydrogen-bond acceptors (Lipinski definition) is 6. The van der Waals surface area contributed by atoms with Gasteiger partial charge in [-0.15, -0.1) is 0 Å². The van der Waals surface area contributed by atoms with Crippen molar-refractivity contribution in [3.8, 4) is 0 Å². The monoisotopic (exact) mass is 377 g/mol. The highest BCUT2D eigenvalue weighted by Gasteiger charge is 2.31. The second kappa shape index (κ2) is 6.91. The number of sulfone groups is 1. The normalized spacial score (nSPS) is 19.1. The van der Waals surface area contributed by atoms with Crippen LogP contribution in [-0.4, -0.2) is 49.0 Å². The molecule has 0 aliphatic carbocycles. The minimum absolute atomic E-state index is 0.0470. The third kappa shape index (κ3) is 3.48. The standard InChI is InChI=1S/C17H19N3O5S/c1-11-14(9-18-15-6-4-3-5-13(15)17(22)25-2)16(21)20(19-11)12-7-8-26(23,24)10-12/h3-6,9,12,19H,7-8,10H2,1-2H3/t12-/m1/s1. The molecule has 1 atom stereocenters. The van der Waals surface area contributed by atoms with E-state index in [0.717, 1.165) is 0 Å². The Morgan fingerprint density at radius 1 is 1.38 bits per heavy atom. The van der Waals surface area contributed by atoms with Crippen molar-refractivity contribution in [3.63, 3.8) is 0 Å². The molecule has 2 aromatic rings. The molecule has 1 aliphatic heterocycles. The van der Waals surface area contributed by atoms with Crippen LogP contribution in [0.5, 0.6) is 0 Å². The molecule has 1 N–H and O–H groups in total. The lowest BCUT2D eigenvalue weighted by molar-refractivity contribution is 0.0601. The first-order chi connectivity index (χ1) is 12.3. The van der Waals surface area contributed by atoms with Gasteiger partial charge in [0, 0.05) is 11.9 Å². The van der Waals surface area contributed by atoms with Gasteiger partial charge in [0.15, 0.2) is 9.84 Å². The number of benzene rings is 1. The summed E-state index contributed by atoms with van der Waals surface area (Å²) < 4.78 is 29.4. The van der Waals surface area contributed by atoms with E-state index in [1.807, 2.05) is 0 Å². The van der Waals surface area contributed by atoms with Gasteiger partial charge in [0.25, 0.3) is 5.56 Å². The first-order valence-corrected chi connectivity index (χ1v) is 9.87. The third-order valence-electron chi connectivity index (χ3n) is 4.36. The molecule has 0 unspecified atom stereocenters. The largest absolute Gasteiger partial charge is 0.465 e. The van der Waals surface area contributed by atoms with Gasteiger partial charge < -0.3 is 4.74 Å². The number of rotatable bonds is 4. The number of esters is 1. The molecule has 0 saturated carbocycles. The first kappa shape index (κ1) is 18.1. The minimum Gasteiger partial charge on any atom is -0.465 e. The summed E-state index contributed by atoms with van der Waals surface area (Å²) in [5.74, 6) is -0.482. The number of aryl methyl sites for hydroxylation is 1. The summed E-state index contributed by atoms with van der Waals surface area (Å²) in [5, 5.41) is 2.93. The second-order valence-corrected chi connectivity index (χ2v) is 8.38. The molecule has 0 spiro atoms. The van der Waals surface area contributed by atoms with Gasteiger partial charge in [-0.1, -0.05) is 12.1 Å². The molecule has 1 aliphatic rings. The predicted molar refractivity (Wildman–Crippen MR) is 97.1 cm³/mol. The van der Waals surface area contributed by atoms with Gasteiger partial charge in [-0.25, -0.2) is 17.9 Å². The van der Waals surface area contributed by atoms with Crippen LogP contribution in [0.15, 0.2) is 34.1 Å². The number of hydrogen-bond donors (Lipinski definition) is 1. The van der Waals surface area contributed by atoms with Crippen molar-refractivity contribution >= 4 is 27.7 Å². The fourth-order valence-corrected chi connectivity index (χ4v) is 4.67. The molecule has 138 valence electrons. The Labute approximate surface area is 150 Å². The molecule has 26 heavy (non-hydrogen) atoms. The minimum atomic E-state index is -3.10. The fraction of sp³-hybridized carbons (Fsp3) is 0.353. The SMILES string of the molecule is COC(=O)c1ccccc1N=Cc1c(C)[nH]n([C@@H]2CCS(=O)(=O)C2)c1=O. The molecule has 1 saturated heterocycles. The maximum Gasteiger partial charge on any atom is 0.340 e. The number of carbonyl (C=O) groups is 1. The van der Waals surface area contributed by atoms with Crippen LogP contribution in [0.3, 0.4) is 0 Å². The highest BCUT2D eigenvalue weighted by atomic mass is 32.2. The molecule has 3 rings (SSSR count). The Morgan fingerprint density at radius 2 is 2.12 bits per heavy atom. The lowest BCUT2D eigenvalue weighted by atomic mass is 10.2. The van der Waals surface area contributed by atoms with Crippen molar-refractivity contribution in [2.75, 3.05) is 18.6 Å². The van der Waals surface area contributed by atoms with Crippen LogP contribution in [0.2, 0.25) is 0 Å². The summed E-state index contributed by atoms with van der Waals surface area (Å²) in [4.78, 5) is 28.7. The van der Waals surface area contributed by atoms with Crippen molar-refractivity contribution in [2.24, 2.45) is 4.99 Å². The quantitative estimate of drug-likeness (QED) is 0.639. The van der Waals surface area contributed by atoms with Crippen LogP contribution < -0.4 is 5.56 Å². The topological polar surface area (TPSA) is 111 Å². The van der Waals surface area contributed by atoms with Gasteiger partial charge in [0.2, 0.25) is 0 Å². The van der Waals surface area contributed by atoms with E-state index in [9.17, 15) is 18.0 Å². The lowest BCUT2D eigenvalue weighted by Crippen LogP contribution is -2.25. The fourth-order valence-electron chi connectivity index (χ4n) is 2.97. The number of nitrogens with one attached hydrogen (secondary N) is 1. The van der Waals surface area contributed by atoms with E-state index in [0.29, 0.717) is 28.9 Å². The molecule has 2 heterocycles. The van der Waals surface area contributed by atoms with Crippen molar-refractivity contribution < 1.29 is 17.9 Å². The Balaban J connectivity index is 1.94. The summed E-state index contributed by atoms with van der Waals surface area (Å²) in [7, 11) is -1.82. The summed E-state index contributed by atoms with van der Waals surface area (Å²) >= 11 is 0. The zero-order valence-electron chi connectivity index (χ0n) is 14.4. The van der Waals surface area contributed by atoms with E-state index in [1.165, 1.54) is 18.0 Å². The number of aromatic nitrogens is 2. The second-order valence-electron chi connectivity index (χ2n) is 6.15. The Kier molecular flexibility index (Phi) is 4.82. The van der Waals surface area contributed by atoms with Crippen LogP contribution in [0.1, 0.15) is 34.1 Å². The number of ether oxygens (including phenoxy) is 1. The van der Waals surface area contributed by atoms with Crippen molar-refractivity contribution in [3.05, 3.63) is 51.4 Å². The van der Waals surface area contributed by atoms with Crippen LogP contribution in [-0.2, 0) is 14.6 Å². The van der Waals surface area contributed by atoms with Gasteiger partial charge in [-0.3, -0.25) is 14.9 Å². The zero-order chi connectivity index (χ0) is 18.9. The molecule has 8 nitrogen and oxygen atoms in total. The summed E-state index contributed by atoms with van der Waals surface area (Å²) in [6.07, 6.45) is 1.79. The number of methoxy groups -OCH3 is 1. The number of carbonyl (C=O) groups excluding carboxylic acids is 1. The van der Waals surface area contributed by atoms with E-state index in [-0.39, 0.29) is 17.1 Å². The number of para-hydroxylation sites is 1. The number of aromatic amines is 1. The van der Waals surface area contributed by atoms with Gasteiger partial charge in [-0.05, 0) is 25.5 Å². The van der Waals surface area contributed by atoms with Gasteiger partial charge in [0.1, 0.15) is 0 Å². The Morgan fingerprint density at radius 3 is 2.77 bits per heavy atom. The highest BCUT2D eigenvalue weighted by molar-refractivity contribution is 7.91. The molecule has 0 amide bonds. The van der Waals surface area contributed by atoms with Crippen molar-refractivity contribution in [2.45, 2.75) is 19.4 Å². The van der Waals surface area contributed by atoms with E-state index < -0.39 is 21.8 Å².